The quantitative estimate of drug-likeness (QED) is 0.166. The molecule has 0 amide bonds. The maximum Gasteiger partial charge on any atom is 0.143 e. The largest absolute Gasteiger partial charge is 0.455 e. The van der Waals surface area contributed by atoms with Crippen molar-refractivity contribution >= 4 is 49.8 Å². The highest BCUT2D eigenvalue weighted by atomic mass is 16.3. The molecule has 0 bridgehead atoms. The summed E-state index contributed by atoms with van der Waals surface area (Å²) in [7, 11) is 0. The van der Waals surface area contributed by atoms with Gasteiger partial charge >= 0.3 is 0 Å². The first-order chi connectivity index (χ1) is 26.8. The summed E-state index contributed by atoms with van der Waals surface area (Å²) in [6.45, 7) is 0. The Kier molecular flexibility index (Phi) is 7.85. The molecule has 10 aromatic rings. The standard InChI is InChI=1S/C52H35NO/c1-3-13-36(14-4-1)38-27-30-44(31-28-38)53(45-20-11-19-43(34-45)47-22-12-23-49-48-21-9-10-24-51(48)54-52(47)49)50-35-42(29-32-46(50)39-16-5-2-6-17-39)41-26-25-37-15-7-8-18-40(37)33-41/h1-35H. The molecule has 0 saturated carbocycles. The van der Waals surface area contributed by atoms with Crippen molar-refractivity contribution < 1.29 is 4.42 Å². The molecule has 0 radical (unpaired) electrons. The molecular weight excluding hydrogens is 655 g/mol. The first-order valence-corrected chi connectivity index (χ1v) is 18.4. The SMILES string of the molecule is c1ccc(-c2ccc(N(c3cccc(-c4cccc5c4oc4ccccc45)c3)c3cc(-c4ccc5ccccc5c4)ccc3-c3ccccc3)cc2)cc1. The highest BCUT2D eigenvalue weighted by Crippen LogP contribution is 2.45. The van der Waals surface area contributed by atoms with Crippen molar-refractivity contribution in [2.75, 3.05) is 4.90 Å². The Hall–Kier alpha value is -7.16. The summed E-state index contributed by atoms with van der Waals surface area (Å²) in [6.07, 6.45) is 0. The lowest BCUT2D eigenvalue weighted by Crippen LogP contribution is -2.11. The Morgan fingerprint density at radius 1 is 0.315 bits per heavy atom. The summed E-state index contributed by atoms with van der Waals surface area (Å²) in [6, 6.07) is 76.0. The summed E-state index contributed by atoms with van der Waals surface area (Å²) in [5.74, 6) is 0. The van der Waals surface area contributed by atoms with Gasteiger partial charge in [0.1, 0.15) is 11.2 Å². The number of rotatable bonds is 7. The van der Waals surface area contributed by atoms with Crippen molar-refractivity contribution in [2.24, 2.45) is 0 Å². The Morgan fingerprint density at radius 2 is 0.926 bits per heavy atom. The van der Waals surface area contributed by atoms with Gasteiger partial charge in [0.05, 0.1) is 5.69 Å². The Balaban J connectivity index is 1.19. The summed E-state index contributed by atoms with van der Waals surface area (Å²) in [4.78, 5) is 2.41. The Bertz CT molecular complexity index is 2920. The van der Waals surface area contributed by atoms with E-state index in [1.54, 1.807) is 0 Å². The third-order valence-corrected chi connectivity index (χ3v) is 10.5. The fraction of sp³-hybridized carbons (Fsp3) is 0. The van der Waals surface area contributed by atoms with Crippen molar-refractivity contribution in [2.45, 2.75) is 0 Å². The Labute approximate surface area is 314 Å². The maximum atomic E-state index is 6.52. The monoisotopic (exact) mass is 689 g/mol. The van der Waals surface area contributed by atoms with Crippen molar-refractivity contribution in [1.29, 1.82) is 0 Å². The van der Waals surface area contributed by atoms with E-state index in [1.165, 1.54) is 27.5 Å². The molecule has 2 heteroatoms. The van der Waals surface area contributed by atoms with Crippen LogP contribution in [-0.4, -0.2) is 0 Å². The zero-order valence-corrected chi connectivity index (χ0v) is 29.6. The second-order valence-electron chi connectivity index (χ2n) is 13.7. The normalized spacial score (nSPS) is 11.3. The van der Waals surface area contributed by atoms with E-state index in [4.69, 9.17) is 4.42 Å². The van der Waals surface area contributed by atoms with Crippen molar-refractivity contribution in [1.82, 2.24) is 0 Å². The van der Waals surface area contributed by atoms with Crippen LogP contribution in [-0.2, 0) is 0 Å². The number of para-hydroxylation sites is 2. The van der Waals surface area contributed by atoms with Gasteiger partial charge in [-0.2, -0.15) is 0 Å². The van der Waals surface area contributed by atoms with Gasteiger partial charge in [0.25, 0.3) is 0 Å². The van der Waals surface area contributed by atoms with Crippen LogP contribution in [0.3, 0.4) is 0 Å². The predicted octanol–water partition coefficient (Wildman–Crippen LogP) is 14.9. The highest BCUT2D eigenvalue weighted by molar-refractivity contribution is 6.09. The summed E-state index contributed by atoms with van der Waals surface area (Å²) in [5, 5.41) is 4.71. The molecule has 0 saturated heterocycles. The van der Waals surface area contributed by atoms with Gasteiger partial charge in [0.15, 0.2) is 0 Å². The molecule has 254 valence electrons. The van der Waals surface area contributed by atoms with Crippen LogP contribution >= 0.6 is 0 Å². The van der Waals surface area contributed by atoms with Gasteiger partial charge in [0, 0.05) is 33.3 Å². The lowest BCUT2D eigenvalue weighted by molar-refractivity contribution is 0.670. The Morgan fingerprint density at radius 3 is 1.76 bits per heavy atom. The van der Waals surface area contributed by atoms with Gasteiger partial charge in [-0.05, 0) is 86.6 Å². The summed E-state index contributed by atoms with van der Waals surface area (Å²) in [5.41, 5.74) is 14.2. The van der Waals surface area contributed by atoms with E-state index < -0.39 is 0 Å². The van der Waals surface area contributed by atoms with E-state index in [0.717, 1.165) is 66.8 Å². The van der Waals surface area contributed by atoms with Gasteiger partial charge in [-0.3, -0.25) is 0 Å². The van der Waals surface area contributed by atoms with Gasteiger partial charge < -0.3 is 9.32 Å². The van der Waals surface area contributed by atoms with Crippen LogP contribution in [0.1, 0.15) is 0 Å². The molecule has 0 spiro atoms. The number of anilines is 3. The first-order valence-electron chi connectivity index (χ1n) is 18.4. The van der Waals surface area contributed by atoms with E-state index in [1.807, 2.05) is 12.1 Å². The second-order valence-corrected chi connectivity index (χ2v) is 13.7. The van der Waals surface area contributed by atoms with Crippen LogP contribution in [0.4, 0.5) is 17.1 Å². The van der Waals surface area contributed by atoms with Crippen LogP contribution in [0.5, 0.6) is 0 Å². The summed E-state index contributed by atoms with van der Waals surface area (Å²) >= 11 is 0. The second kappa shape index (κ2) is 13.4. The fourth-order valence-electron chi connectivity index (χ4n) is 7.77. The van der Waals surface area contributed by atoms with Crippen molar-refractivity contribution in [3.05, 3.63) is 212 Å². The number of nitrogens with zero attached hydrogens (tertiary/aromatic N) is 1. The summed E-state index contributed by atoms with van der Waals surface area (Å²) < 4.78 is 6.52. The molecule has 0 N–H and O–H groups in total. The molecule has 54 heavy (non-hydrogen) atoms. The number of hydrogen-bond acceptors (Lipinski definition) is 2. The maximum absolute atomic E-state index is 6.52. The molecule has 1 heterocycles. The van der Waals surface area contributed by atoms with Crippen molar-refractivity contribution in [3.63, 3.8) is 0 Å². The number of fused-ring (bicyclic) bond motifs is 4. The van der Waals surface area contributed by atoms with Crippen LogP contribution in [0.2, 0.25) is 0 Å². The number of furan rings is 1. The van der Waals surface area contributed by atoms with E-state index in [-0.39, 0.29) is 0 Å². The van der Waals surface area contributed by atoms with E-state index in [9.17, 15) is 0 Å². The van der Waals surface area contributed by atoms with Crippen LogP contribution < -0.4 is 4.90 Å². The van der Waals surface area contributed by atoms with Gasteiger partial charge in [-0.1, -0.05) is 170 Å². The number of benzene rings is 9. The predicted molar refractivity (Wildman–Crippen MR) is 228 cm³/mol. The molecule has 0 aliphatic rings. The zero-order valence-electron chi connectivity index (χ0n) is 29.6. The minimum atomic E-state index is 0.897. The molecule has 2 nitrogen and oxygen atoms in total. The molecule has 0 aliphatic carbocycles. The molecule has 1 aromatic heterocycles. The van der Waals surface area contributed by atoms with Gasteiger partial charge in [0.2, 0.25) is 0 Å². The van der Waals surface area contributed by atoms with Crippen LogP contribution in [0, 0.1) is 0 Å². The molecule has 0 atom stereocenters. The average Bonchev–Trinajstić information content (AvgIpc) is 3.64. The minimum Gasteiger partial charge on any atom is -0.455 e. The smallest absolute Gasteiger partial charge is 0.143 e. The van der Waals surface area contributed by atoms with Crippen LogP contribution in [0.25, 0.3) is 77.2 Å². The van der Waals surface area contributed by atoms with Gasteiger partial charge in [-0.25, -0.2) is 0 Å². The zero-order chi connectivity index (χ0) is 35.8. The van der Waals surface area contributed by atoms with Crippen molar-refractivity contribution in [3.8, 4) is 44.5 Å². The fourth-order valence-corrected chi connectivity index (χ4v) is 7.77. The molecular formula is C52H35NO. The van der Waals surface area contributed by atoms with E-state index >= 15 is 0 Å². The topological polar surface area (TPSA) is 16.4 Å². The molecule has 0 unspecified atom stereocenters. The highest BCUT2D eigenvalue weighted by Gasteiger charge is 2.20. The third kappa shape index (κ3) is 5.71. The first kappa shape index (κ1) is 31.6. The van der Waals surface area contributed by atoms with Gasteiger partial charge in [-0.15, -0.1) is 0 Å². The lowest BCUT2D eigenvalue weighted by Gasteiger charge is -2.29. The lowest BCUT2D eigenvalue weighted by atomic mass is 9.95. The number of hydrogen-bond donors (Lipinski definition) is 0. The molecule has 10 rings (SSSR count). The molecule has 0 aliphatic heterocycles. The van der Waals surface area contributed by atoms with E-state index in [0.29, 0.717) is 0 Å². The van der Waals surface area contributed by atoms with Crippen LogP contribution in [0.15, 0.2) is 217 Å². The average molecular weight is 690 g/mol. The molecule has 0 fully saturated rings. The van der Waals surface area contributed by atoms with E-state index in [2.05, 4.69) is 205 Å². The minimum absolute atomic E-state index is 0.897. The molecule has 9 aromatic carbocycles. The third-order valence-electron chi connectivity index (χ3n) is 10.5.